The first-order chi connectivity index (χ1) is 15.4. The van der Waals surface area contributed by atoms with Gasteiger partial charge in [-0.3, -0.25) is 9.36 Å². The highest BCUT2D eigenvalue weighted by Gasteiger charge is 2.24. The topological polar surface area (TPSA) is 99.2 Å². The number of esters is 1. The zero-order valence-corrected chi connectivity index (χ0v) is 19.8. The minimum atomic E-state index is -1.01. The number of hydrogen-bond donors (Lipinski definition) is 1. The minimum Gasteiger partial charge on any atom is -0.478 e. The summed E-state index contributed by atoms with van der Waals surface area (Å²) in [6, 6.07) is 0.610. The van der Waals surface area contributed by atoms with Gasteiger partial charge in [-0.1, -0.05) is 61.7 Å². The molecule has 2 fully saturated rings. The van der Waals surface area contributed by atoms with E-state index < -0.39 is 5.97 Å². The number of halogens is 2. The molecular formula is C22H30Cl2N4O4. The number of aromatic nitrogens is 4. The van der Waals surface area contributed by atoms with E-state index in [0.29, 0.717) is 23.4 Å². The third-order valence-corrected chi connectivity index (χ3v) is 6.79. The maximum absolute atomic E-state index is 11.6. The van der Waals surface area contributed by atoms with Crippen molar-refractivity contribution in [2.24, 2.45) is 0 Å². The molecule has 2 aromatic rings. The molecule has 0 aliphatic heterocycles. The summed E-state index contributed by atoms with van der Waals surface area (Å²) in [6.07, 6.45) is 14.4. The van der Waals surface area contributed by atoms with Gasteiger partial charge >= 0.3 is 11.9 Å². The second kappa shape index (κ2) is 11.7. The third-order valence-electron chi connectivity index (χ3n) is 6.04. The van der Waals surface area contributed by atoms with Gasteiger partial charge in [-0.25, -0.2) is 9.59 Å². The highest BCUT2D eigenvalue weighted by molar-refractivity contribution is 6.32. The molecule has 2 aromatic heterocycles. The molecule has 1 N–H and O–H groups in total. The number of ether oxygens (including phenoxy) is 1. The van der Waals surface area contributed by atoms with E-state index in [-0.39, 0.29) is 22.7 Å². The summed E-state index contributed by atoms with van der Waals surface area (Å²) in [5.74, 6) is -1.40. The first-order valence-electron chi connectivity index (χ1n) is 11.3. The van der Waals surface area contributed by atoms with E-state index >= 15 is 0 Å². The van der Waals surface area contributed by atoms with Gasteiger partial charge in [0.25, 0.3) is 0 Å². The van der Waals surface area contributed by atoms with Crippen molar-refractivity contribution in [1.29, 1.82) is 0 Å². The summed E-state index contributed by atoms with van der Waals surface area (Å²) in [7, 11) is 0. The average Bonchev–Trinajstić information content (AvgIpc) is 3.38. The van der Waals surface area contributed by atoms with Gasteiger partial charge in [0.05, 0.1) is 31.1 Å². The summed E-state index contributed by atoms with van der Waals surface area (Å²) in [4.78, 5) is 22.4. The number of carbonyl (C=O) groups is 2. The van der Waals surface area contributed by atoms with Crippen molar-refractivity contribution in [2.75, 3.05) is 6.61 Å². The molecule has 0 unspecified atom stereocenters. The Morgan fingerprint density at radius 2 is 1.34 bits per heavy atom. The van der Waals surface area contributed by atoms with Crippen molar-refractivity contribution >= 4 is 35.1 Å². The fraction of sp³-hybridized carbons (Fsp3) is 0.636. The standard InChI is InChI=1S/C12H17ClN2O2.C10H13ClN2O2/c1-2-17-12(16)10-8-14-15(11(10)13)9-6-4-3-5-7-9;11-9-8(10(14)15)6-12-13(9)7-4-2-1-3-5-7/h8-9H,2-7H2,1H3;6-7H,1-5H2,(H,14,15). The molecule has 0 amide bonds. The number of aromatic carboxylic acids is 1. The predicted octanol–water partition coefficient (Wildman–Crippen LogP) is 5.96. The largest absolute Gasteiger partial charge is 0.478 e. The SMILES string of the molecule is CCOC(=O)c1cnn(C2CCCCC2)c1Cl.O=C(O)c1cnn(C2CCCCC2)c1Cl. The minimum absolute atomic E-state index is 0.0993. The van der Waals surface area contributed by atoms with Crippen LogP contribution in [0.1, 0.15) is 104 Å². The zero-order chi connectivity index (χ0) is 23.1. The predicted molar refractivity (Wildman–Crippen MR) is 122 cm³/mol. The van der Waals surface area contributed by atoms with Crippen molar-refractivity contribution < 1.29 is 19.4 Å². The van der Waals surface area contributed by atoms with Crippen LogP contribution in [-0.4, -0.2) is 43.2 Å². The van der Waals surface area contributed by atoms with Crippen molar-refractivity contribution in [1.82, 2.24) is 19.6 Å². The van der Waals surface area contributed by atoms with Crippen molar-refractivity contribution in [3.63, 3.8) is 0 Å². The van der Waals surface area contributed by atoms with E-state index in [9.17, 15) is 9.59 Å². The van der Waals surface area contributed by atoms with Crippen LogP contribution in [0.25, 0.3) is 0 Å². The van der Waals surface area contributed by atoms with Crippen molar-refractivity contribution in [3.8, 4) is 0 Å². The highest BCUT2D eigenvalue weighted by Crippen LogP contribution is 2.32. The summed E-state index contributed by atoms with van der Waals surface area (Å²) in [5.41, 5.74) is 0.473. The van der Waals surface area contributed by atoms with Crippen LogP contribution in [0, 0.1) is 0 Å². The second-order valence-electron chi connectivity index (χ2n) is 8.20. The average molecular weight is 485 g/mol. The van der Waals surface area contributed by atoms with E-state index in [4.69, 9.17) is 33.0 Å². The lowest BCUT2D eigenvalue weighted by molar-refractivity contribution is 0.0525. The Balaban J connectivity index is 0.000000182. The number of rotatable bonds is 5. The van der Waals surface area contributed by atoms with E-state index in [2.05, 4.69) is 10.2 Å². The molecule has 32 heavy (non-hydrogen) atoms. The monoisotopic (exact) mass is 484 g/mol. The van der Waals surface area contributed by atoms with Crippen LogP contribution in [0.5, 0.6) is 0 Å². The summed E-state index contributed by atoms with van der Waals surface area (Å²) >= 11 is 12.2. The quantitative estimate of drug-likeness (QED) is 0.525. The fourth-order valence-corrected chi connectivity index (χ4v) is 4.96. The Kier molecular flexibility index (Phi) is 8.99. The van der Waals surface area contributed by atoms with Crippen LogP contribution in [0.15, 0.2) is 12.4 Å². The van der Waals surface area contributed by atoms with Gasteiger partial charge in [-0.15, -0.1) is 0 Å². The van der Waals surface area contributed by atoms with Gasteiger partial charge in [0.2, 0.25) is 0 Å². The molecule has 0 bridgehead atoms. The van der Waals surface area contributed by atoms with Crippen molar-refractivity contribution in [3.05, 3.63) is 33.8 Å². The first-order valence-corrected chi connectivity index (χ1v) is 12.1. The van der Waals surface area contributed by atoms with Gasteiger partial charge in [-0.05, 0) is 32.6 Å². The molecule has 0 aromatic carbocycles. The lowest BCUT2D eigenvalue weighted by atomic mass is 9.96. The molecular weight excluding hydrogens is 455 g/mol. The number of carboxylic acid groups (broad SMARTS) is 1. The van der Waals surface area contributed by atoms with E-state index in [1.54, 1.807) is 16.3 Å². The maximum atomic E-state index is 11.6. The molecule has 0 spiro atoms. The normalized spacial score (nSPS) is 17.5. The van der Waals surface area contributed by atoms with Crippen LogP contribution in [0.3, 0.4) is 0 Å². The van der Waals surface area contributed by atoms with Gasteiger partial charge in [0.15, 0.2) is 0 Å². The number of nitrogens with zero attached hydrogens (tertiary/aromatic N) is 4. The molecule has 176 valence electrons. The van der Waals surface area contributed by atoms with Crippen molar-refractivity contribution in [2.45, 2.75) is 83.2 Å². The molecule has 0 saturated heterocycles. The van der Waals surface area contributed by atoms with Crippen LogP contribution >= 0.6 is 23.2 Å². The Morgan fingerprint density at radius 3 is 1.75 bits per heavy atom. The fourth-order valence-electron chi connectivity index (χ4n) is 4.34. The Labute approximate surface area is 197 Å². The van der Waals surface area contributed by atoms with Crippen LogP contribution in [0.2, 0.25) is 10.3 Å². The highest BCUT2D eigenvalue weighted by atomic mass is 35.5. The molecule has 2 saturated carbocycles. The number of carbonyl (C=O) groups excluding carboxylic acids is 1. The zero-order valence-electron chi connectivity index (χ0n) is 18.3. The molecule has 4 rings (SSSR count). The number of carboxylic acids is 1. The first kappa shape index (κ1) is 24.6. The van der Waals surface area contributed by atoms with E-state index in [0.717, 1.165) is 25.7 Å². The molecule has 10 heteroatoms. The smallest absolute Gasteiger partial charge is 0.342 e. The lowest BCUT2D eigenvalue weighted by Gasteiger charge is -2.22. The molecule has 8 nitrogen and oxygen atoms in total. The van der Waals surface area contributed by atoms with Gasteiger partial charge in [0.1, 0.15) is 21.4 Å². The van der Waals surface area contributed by atoms with E-state index in [1.165, 1.54) is 50.9 Å². The van der Waals surface area contributed by atoms with Gasteiger partial charge in [-0.2, -0.15) is 10.2 Å². The van der Waals surface area contributed by atoms with Crippen LogP contribution < -0.4 is 0 Å². The van der Waals surface area contributed by atoms with E-state index in [1.807, 2.05) is 0 Å². The Bertz CT molecular complexity index is 915. The molecule has 0 atom stereocenters. The van der Waals surface area contributed by atoms with Gasteiger partial charge in [0, 0.05) is 0 Å². The molecule has 2 heterocycles. The third kappa shape index (κ3) is 5.84. The number of hydrogen-bond acceptors (Lipinski definition) is 5. The maximum Gasteiger partial charge on any atom is 0.342 e. The molecule has 2 aliphatic rings. The molecule has 0 radical (unpaired) electrons. The summed E-state index contributed by atoms with van der Waals surface area (Å²) < 4.78 is 8.36. The summed E-state index contributed by atoms with van der Waals surface area (Å²) in [5, 5.41) is 17.8. The Morgan fingerprint density at radius 1 is 0.906 bits per heavy atom. The lowest BCUT2D eigenvalue weighted by Crippen LogP contribution is -2.14. The second-order valence-corrected chi connectivity index (χ2v) is 8.91. The summed E-state index contributed by atoms with van der Waals surface area (Å²) in [6.45, 7) is 2.13. The van der Waals surface area contributed by atoms with Crippen LogP contribution in [0.4, 0.5) is 0 Å². The molecule has 2 aliphatic carbocycles. The Hall–Kier alpha value is -2.06. The van der Waals surface area contributed by atoms with Gasteiger partial charge < -0.3 is 9.84 Å². The van der Waals surface area contributed by atoms with Crippen LogP contribution in [-0.2, 0) is 4.74 Å².